The van der Waals surface area contributed by atoms with Crippen molar-refractivity contribution in [3.05, 3.63) is 68.7 Å². The Morgan fingerprint density at radius 1 is 1.20 bits per heavy atom. The van der Waals surface area contributed by atoms with Gasteiger partial charge in [-0.1, -0.05) is 28.1 Å². The monoisotopic (exact) mass is 395 g/mol. The summed E-state index contributed by atoms with van der Waals surface area (Å²) in [6.45, 7) is 0.393. The molecule has 102 valence electrons. The van der Waals surface area contributed by atoms with Gasteiger partial charge in [0, 0.05) is 11.0 Å². The molecule has 2 rings (SSSR count). The lowest BCUT2D eigenvalue weighted by Gasteiger charge is -1.96. The van der Waals surface area contributed by atoms with Crippen molar-refractivity contribution in [3.8, 4) is 0 Å². The number of furan rings is 1. The molecule has 0 bridgehead atoms. The van der Waals surface area contributed by atoms with E-state index in [0.717, 1.165) is 10.0 Å². The fourth-order valence-corrected chi connectivity index (χ4v) is 2.01. The second-order valence-electron chi connectivity index (χ2n) is 3.88. The first kappa shape index (κ1) is 14.9. The lowest BCUT2D eigenvalue weighted by molar-refractivity contribution is 0.0929. The Balaban J connectivity index is 1.84. The number of nitrogens with one attached hydrogen (secondary N) is 1. The summed E-state index contributed by atoms with van der Waals surface area (Å²) in [7, 11) is 0. The predicted molar refractivity (Wildman–Crippen MR) is 85.4 cm³/mol. The van der Waals surface area contributed by atoms with Crippen LogP contribution in [0.2, 0.25) is 0 Å². The molecular formula is C15H11Br2NO2. The summed E-state index contributed by atoms with van der Waals surface area (Å²) in [6, 6.07) is 11.2. The number of benzene rings is 1. The van der Waals surface area contributed by atoms with Crippen molar-refractivity contribution in [2.45, 2.75) is 0 Å². The second-order valence-corrected chi connectivity index (χ2v) is 5.58. The van der Waals surface area contributed by atoms with Gasteiger partial charge in [0.25, 0.3) is 5.91 Å². The Bertz CT molecular complexity index is 653. The zero-order valence-corrected chi connectivity index (χ0v) is 13.6. The van der Waals surface area contributed by atoms with Crippen molar-refractivity contribution in [1.29, 1.82) is 0 Å². The Morgan fingerprint density at radius 2 is 1.95 bits per heavy atom. The van der Waals surface area contributed by atoms with Crippen LogP contribution < -0.4 is 5.32 Å². The average Bonchev–Trinajstić information content (AvgIpc) is 2.87. The fourth-order valence-electron chi connectivity index (χ4n) is 1.44. The van der Waals surface area contributed by atoms with Crippen LogP contribution >= 0.6 is 31.9 Å². The van der Waals surface area contributed by atoms with Crippen molar-refractivity contribution in [2.24, 2.45) is 0 Å². The van der Waals surface area contributed by atoms with Crippen LogP contribution in [0.3, 0.4) is 0 Å². The van der Waals surface area contributed by atoms with Crippen molar-refractivity contribution >= 4 is 43.8 Å². The normalized spacial score (nSPS) is 9.70. The third-order valence-electron chi connectivity index (χ3n) is 2.40. The van der Waals surface area contributed by atoms with Crippen LogP contribution in [0.1, 0.15) is 16.1 Å². The van der Waals surface area contributed by atoms with E-state index in [0.29, 0.717) is 11.2 Å². The van der Waals surface area contributed by atoms with Gasteiger partial charge >= 0.3 is 0 Å². The van der Waals surface area contributed by atoms with E-state index in [1.807, 2.05) is 30.3 Å². The number of hydrogen-bond donors (Lipinski definition) is 1. The Hall–Kier alpha value is -1.55. The van der Waals surface area contributed by atoms with Crippen LogP contribution in [0.5, 0.6) is 0 Å². The molecule has 2 aromatic rings. The van der Waals surface area contributed by atoms with Gasteiger partial charge in [-0.15, -0.1) is 5.73 Å². The second kappa shape index (κ2) is 7.29. The number of carbonyl (C=O) groups excluding carboxylic acids is 1. The van der Waals surface area contributed by atoms with Gasteiger partial charge in [-0.05, 0) is 57.9 Å². The van der Waals surface area contributed by atoms with Crippen LogP contribution in [0.25, 0.3) is 6.08 Å². The van der Waals surface area contributed by atoms with Gasteiger partial charge in [0.2, 0.25) is 0 Å². The SMILES string of the molecule is O=C(NCC=C=Cc1ccc(Br)cc1)c1ccc(Br)o1. The maximum atomic E-state index is 11.6. The summed E-state index contributed by atoms with van der Waals surface area (Å²) >= 11 is 6.53. The van der Waals surface area contributed by atoms with Crippen LogP contribution in [0, 0.1) is 0 Å². The van der Waals surface area contributed by atoms with E-state index in [1.54, 1.807) is 18.2 Å². The van der Waals surface area contributed by atoms with Crippen LogP contribution in [0.15, 0.2) is 61.8 Å². The number of amides is 1. The lowest BCUT2D eigenvalue weighted by Crippen LogP contribution is -2.22. The Kier molecular flexibility index (Phi) is 5.41. The first-order chi connectivity index (χ1) is 9.65. The standard InChI is InChI=1S/C15H11Br2NO2/c16-12-6-4-11(5-7-12)3-1-2-10-18-15(19)13-8-9-14(17)20-13/h2-9H,10H2,(H,18,19). The summed E-state index contributed by atoms with van der Waals surface area (Å²) in [5, 5.41) is 2.71. The molecule has 3 nitrogen and oxygen atoms in total. The molecule has 0 spiro atoms. The fraction of sp³-hybridized carbons (Fsp3) is 0.0667. The van der Waals surface area contributed by atoms with Gasteiger partial charge in [0.1, 0.15) is 0 Å². The first-order valence-electron chi connectivity index (χ1n) is 5.85. The first-order valence-corrected chi connectivity index (χ1v) is 7.44. The van der Waals surface area contributed by atoms with Gasteiger partial charge in [-0.25, -0.2) is 0 Å². The maximum Gasteiger partial charge on any atom is 0.287 e. The molecule has 0 aliphatic carbocycles. The van der Waals surface area contributed by atoms with Gasteiger partial charge in [0.15, 0.2) is 10.4 Å². The molecule has 0 saturated carbocycles. The molecule has 1 heterocycles. The van der Waals surface area contributed by atoms with Crippen molar-refractivity contribution in [1.82, 2.24) is 5.32 Å². The molecule has 0 radical (unpaired) electrons. The molecule has 1 aromatic heterocycles. The molecule has 5 heteroatoms. The van der Waals surface area contributed by atoms with E-state index in [1.165, 1.54) is 0 Å². The highest BCUT2D eigenvalue weighted by atomic mass is 79.9. The van der Waals surface area contributed by atoms with Crippen molar-refractivity contribution in [3.63, 3.8) is 0 Å². The molecule has 0 aliphatic heterocycles. The van der Waals surface area contributed by atoms with Crippen molar-refractivity contribution in [2.75, 3.05) is 6.54 Å². The highest BCUT2D eigenvalue weighted by molar-refractivity contribution is 9.10. The molecule has 1 N–H and O–H groups in total. The third kappa shape index (κ3) is 4.53. The van der Waals surface area contributed by atoms with Crippen LogP contribution in [-0.4, -0.2) is 12.5 Å². The van der Waals surface area contributed by atoms with E-state index in [4.69, 9.17) is 4.42 Å². The highest BCUT2D eigenvalue weighted by Crippen LogP contribution is 2.13. The number of rotatable bonds is 4. The zero-order valence-electron chi connectivity index (χ0n) is 10.4. The molecule has 20 heavy (non-hydrogen) atoms. The maximum absolute atomic E-state index is 11.6. The highest BCUT2D eigenvalue weighted by Gasteiger charge is 2.08. The van der Waals surface area contributed by atoms with Crippen molar-refractivity contribution < 1.29 is 9.21 Å². The largest absolute Gasteiger partial charge is 0.444 e. The van der Waals surface area contributed by atoms with Crippen LogP contribution in [0.4, 0.5) is 0 Å². The van der Waals surface area contributed by atoms with E-state index in [2.05, 4.69) is 42.9 Å². The molecule has 0 saturated heterocycles. The van der Waals surface area contributed by atoms with E-state index in [-0.39, 0.29) is 11.7 Å². The molecule has 0 atom stereocenters. The van der Waals surface area contributed by atoms with Gasteiger partial charge in [-0.2, -0.15) is 0 Å². The Labute approximate surface area is 133 Å². The summed E-state index contributed by atoms with van der Waals surface area (Å²) < 4.78 is 6.71. The summed E-state index contributed by atoms with van der Waals surface area (Å²) in [5.41, 5.74) is 4.06. The van der Waals surface area contributed by atoms with Gasteiger partial charge < -0.3 is 9.73 Å². The van der Waals surface area contributed by atoms with Gasteiger partial charge in [0.05, 0.1) is 0 Å². The molecule has 1 amide bonds. The lowest BCUT2D eigenvalue weighted by atomic mass is 10.2. The topological polar surface area (TPSA) is 42.2 Å². The van der Waals surface area contributed by atoms with Gasteiger partial charge in [-0.3, -0.25) is 4.79 Å². The molecular weight excluding hydrogens is 386 g/mol. The number of carbonyl (C=O) groups is 1. The van der Waals surface area contributed by atoms with E-state index in [9.17, 15) is 4.79 Å². The number of halogens is 2. The molecule has 0 unspecified atom stereocenters. The molecule has 0 fully saturated rings. The average molecular weight is 397 g/mol. The summed E-state index contributed by atoms with van der Waals surface area (Å²) in [6.07, 6.45) is 3.60. The molecule has 1 aromatic carbocycles. The third-order valence-corrected chi connectivity index (χ3v) is 3.35. The summed E-state index contributed by atoms with van der Waals surface area (Å²) in [5.74, 6) is 0.0274. The minimum absolute atomic E-state index is 0.252. The molecule has 0 aliphatic rings. The van der Waals surface area contributed by atoms with E-state index >= 15 is 0 Å². The van der Waals surface area contributed by atoms with Crippen LogP contribution in [-0.2, 0) is 0 Å². The quantitative estimate of drug-likeness (QED) is 0.778. The van der Waals surface area contributed by atoms with E-state index < -0.39 is 0 Å². The zero-order chi connectivity index (χ0) is 14.4. The predicted octanol–water partition coefficient (Wildman–Crippen LogP) is 4.40. The minimum atomic E-state index is -0.252. The number of hydrogen-bond acceptors (Lipinski definition) is 2. The summed E-state index contributed by atoms with van der Waals surface area (Å²) in [4.78, 5) is 11.6. The minimum Gasteiger partial charge on any atom is -0.444 e. The smallest absolute Gasteiger partial charge is 0.287 e. The Morgan fingerprint density at radius 3 is 2.60 bits per heavy atom.